The van der Waals surface area contributed by atoms with Crippen LogP contribution in [0.4, 0.5) is 5.69 Å². The zero-order valence-electron chi connectivity index (χ0n) is 7.85. The third-order valence-corrected chi connectivity index (χ3v) is 2.48. The standard InChI is InChI=1S/C9H9BrN4O/c10-7-5-11-3-1-8(7)12-4-2-9-13-6-15-14-9/h1,3,5-6H,2,4H2,(H,11,12). The molecule has 5 nitrogen and oxygen atoms in total. The zero-order chi connectivity index (χ0) is 10.5. The van der Waals surface area contributed by atoms with Crippen LogP contribution in [-0.2, 0) is 6.42 Å². The number of anilines is 1. The molecular weight excluding hydrogens is 260 g/mol. The Morgan fingerprint density at radius 2 is 2.40 bits per heavy atom. The Morgan fingerprint density at radius 3 is 3.13 bits per heavy atom. The summed E-state index contributed by atoms with van der Waals surface area (Å²) in [6, 6.07) is 1.90. The van der Waals surface area contributed by atoms with Crippen molar-refractivity contribution >= 4 is 21.6 Å². The fraction of sp³-hybridized carbons (Fsp3) is 0.222. The highest BCUT2D eigenvalue weighted by molar-refractivity contribution is 9.10. The zero-order valence-corrected chi connectivity index (χ0v) is 9.44. The van der Waals surface area contributed by atoms with Crippen molar-refractivity contribution in [1.29, 1.82) is 0 Å². The molecule has 0 fully saturated rings. The van der Waals surface area contributed by atoms with Gasteiger partial charge in [0.05, 0.1) is 10.2 Å². The van der Waals surface area contributed by atoms with Crippen molar-refractivity contribution in [2.24, 2.45) is 0 Å². The summed E-state index contributed by atoms with van der Waals surface area (Å²) in [5, 5.41) is 6.96. The van der Waals surface area contributed by atoms with Crippen molar-refractivity contribution in [1.82, 2.24) is 15.1 Å². The first-order valence-electron chi connectivity index (χ1n) is 4.45. The Balaban J connectivity index is 1.86. The van der Waals surface area contributed by atoms with Gasteiger partial charge in [-0.1, -0.05) is 5.16 Å². The largest absolute Gasteiger partial charge is 0.384 e. The van der Waals surface area contributed by atoms with E-state index in [-0.39, 0.29) is 0 Å². The maximum absolute atomic E-state index is 4.63. The molecule has 0 radical (unpaired) electrons. The SMILES string of the molecule is Brc1cnccc1NCCc1ncon1. The van der Waals surface area contributed by atoms with Gasteiger partial charge >= 0.3 is 0 Å². The minimum absolute atomic E-state index is 0.702. The summed E-state index contributed by atoms with van der Waals surface area (Å²) < 4.78 is 5.58. The molecule has 2 heterocycles. The van der Waals surface area contributed by atoms with Crippen LogP contribution < -0.4 is 5.32 Å². The van der Waals surface area contributed by atoms with E-state index in [9.17, 15) is 0 Å². The molecule has 0 aromatic carbocycles. The topological polar surface area (TPSA) is 63.8 Å². The molecule has 2 rings (SSSR count). The van der Waals surface area contributed by atoms with Crippen LogP contribution in [0.15, 0.2) is 33.8 Å². The lowest BCUT2D eigenvalue weighted by Gasteiger charge is -2.05. The van der Waals surface area contributed by atoms with Gasteiger partial charge in [-0.15, -0.1) is 0 Å². The molecule has 0 aliphatic rings. The lowest BCUT2D eigenvalue weighted by Crippen LogP contribution is -2.06. The highest BCUT2D eigenvalue weighted by atomic mass is 79.9. The van der Waals surface area contributed by atoms with Gasteiger partial charge in [0.2, 0.25) is 6.39 Å². The molecule has 0 amide bonds. The summed E-state index contributed by atoms with van der Waals surface area (Å²) in [6.07, 6.45) is 5.54. The van der Waals surface area contributed by atoms with E-state index in [1.165, 1.54) is 6.39 Å². The number of rotatable bonds is 4. The van der Waals surface area contributed by atoms with Gasteiger partial charge in [-0.3, -0.25) is 4.98 Å². The van der Waals surface area contributed by atoms with E-state index in [2.05, 4.69) is 40.9 Å². The predicted octanol–water partition coefficient (Wildman–Crippen LogP) is 1.88. The highest BCUT2D eigenvalue weighted by Crippen LogP contribution is 2.19. The van der Waals surface area contributed by atoms with Crippen molar-refractivity contribution in [3.05, 3.63) is 35.2 Å². The van der Waals surface area contributed by atoms with Gasteiger partial charge in [0.15, 0.2) is 5.82 Å². The Hall–Kier alpha value is -1.43. The second-order valence-corrected chi connectivity index (χ2v) is 3.73. The van der Waals surface area contributed by atoms with Crippen molar-refractivity contribution < 1.29 is 4.52 Å². The van der Waals surface area contributed by atoms with Crippen LogP contribution in [0, 0.1) is 0 Å². The quantitative estimate of drug-likeness (QED) is 0.918. The number of halogens is 1. The number of pyridine rings is 1. The Labute approximate surface area is 95.0 Å². The molecule has 0 bridgehead atoms. The third kappa shape index (κ3) is 2.76. The van der Waals surface area contributed by atoms with Crippen LogP contribution in [0.25, 0.3) is 0 Å². The van der Waals surface area contributed by atoms with E-state index in [1.807, 2.05) is 6.07 Å². The second kappa shape index (κ2) is 4.88. The van der Waals surface area contributed by atoms with Crippen LogP contribution in [0.3, 0.4) is 0 Å². The van der Waals surface area contributed by atoms with E-state index >= 15 is 0 Å². The Morgan fingerprint density at radius 1 is 1.47 bits per heavy atom. The lowest BCUT2D eigenvalue weighted by atomic mass is 10.3. The minimum atomic E-state index is 0.702. The Bertz CT molecular complexity index is 418. The van der Waals surface area contributed by atoms with Gasteiger partial charge in [0.1, 0.15) is 0 Å². The van der Waals surface area contributed by atoms with Gasteiger partial charge in [-0.05, 0) is 22.0 Å². The van der Waals surface area contributed by atoms with E-state index in [4.69, 9.17) is 0 Å². The minimum Gasteiger partial charge on any atom is -0.384 e. The first-order chi connectivity index (χ1) is 7.36. The van der Waals surface area contributed by atoms with E-state index in [0.717, 1.165) is 23.1 Å². The average molecular weight is 269 g/mol. The Kier molecular flexibility index (Phi) is 3.29. The molecule has 0 spiro atoms. The fourth-order valence-electron chi connectivity index (χ4n) is 1.13. The summed E-state index contributed by atoms with van der Waals surface area (Å²) in [5.74, 6) is 0.702. The molecular formula is C9H9BrN4O. The second-order valence-electron chi connectivity index (χ2n) is 2.88. The summed E-state index contributed by atoms with van der Waals surface area (Å²) in [4.78, 5) is 7.90. The average Bonchev–Trinajstić information content (AvgIpc) is 2.74. The van der Waals surface area contributed by atoms with Crippen LogP contribution in [0.5, 0.6) is 0 Å². The van der Waals surface area contributed by atoms with Crippen molar-refractivity contribution in [2.45, 2.75) is 6.42 Å². The van der Waals surface area contributed by atoms with Crippen LogP contribution in [0.2, 0.25) is 0 Å². The van der Waals surface area contributed by atoms with Crippen molar-refractivity contribution in [2.75, 3.05) is 11.9 Å². The first-order valence-corrected chi connectivity index (χ1v) is 5.24. The van der Waals surface area contributed by atoms with Gasteiger partial charge in [0, 0.05) is 25.4 Å². The summed E-state index contributed by atoms with van der Waals surface area (Å²) in [5.41, 5.74) is 1.01. The van der Waals surface area contributed by atoms with Crippen LogP contribution in [0.1, 0.15) is 5.82 Å². The molecule has 0 unspecified atom stereocenters. The number of hydrogen-bond donors (Lipinski definition) is 1. The van der Waals surface area contributed by atoms with Crippen molar-refractivity contribution in [3.63, 3.8) is 0 Å². The van der Waals surface area contributed by atoms with E-state index in [1.54, 1.807) is 12.4 Å². The van der Waals surface area contributed by atoms with E-state index in [0.29, 0.717) is 5.82 Å². The predicted molar refractivity (Wildman–Crippen MR) is 58.4 cm³/mol. The molecule has 2 aromatic heterocycles. The van der Waals surface area contributed by atoms with Gasteiger partial charge < -0.3 is 9.84 Å². The fourth-order valence-corrected chi connectivity index (χ4v) is 1.52. The third-order valence-electron chi connectivity index (χ3n) is 1.84. The van der Waals surface area contributed by atoms with Gasteiger partial charge in [0.25, 0.3) is 0 Å². The summed E-state index contributed by atoms with van der Waals surface area (Å²) in [7, 11) is 0. The number of nitrogens with zero attached hydrogens (tertiary/aromatic N) is 3. The molecule has 2 aromatic rings. The molecule has 15 heavy (non-hydrogen) atoms. The first kappa shape index (κ1) is 10.1. The van der Waals surface area contributed by atoms with E-state index < -0.39 is 0 Å². The molecule has 0 saturated heterocycles. The summed E-state index contributed by atoms with van der Waals surface area (Å²) in [6.45, 7) is 0.752. The van der Waals surface area contributed by atoms with Gasteiger partial charge in [-0.25, -0.2) is 0 Å². The smallest absolute Gasteiger partial charge is 0.213 e. The molecule has 0 saturated carbocycles. The number of hydrogen-bond acceptors (Lipinski definition) is 5. The molecule has 6 heteroatoms. The molecule has 0 atom stereocenters. The number of aromatic nitrogens is 3. The maximum Gasteiger partial charge on any atom is 0.213 e. The lowest BCUT2D eigenvalue weighted by molar-refractivity contribution is 0.410. The normalized spacial score (nSPS) is 10.2. The van der Waals surface area contributed by atoms with Gasteiger partial charge in [-0.2, -0.15) is 4.98 Å². The maximum atomic E-state index is 4.63. The highest BCUT2D eigenvalue weighted by Gasteiger charge is 2.00. The monoisotopic (exact) mass is 268 g/mol. The molecule has 1 N–H and O–H groups in total. The number of nitrogens with one attached hydrogen (secondary N) is 1. The summed E-state index contributed by atoms with van der Waals surface area (Å²) >= 11 is 3.40. The molecule has 0 aliphatic heterocycles. The van der Waals surface area contributed by atoms with Crippen LogP contribution >= 0.6 is 15.9 Å². The van der Waals surface area contributed by atoms with Crippen LogP contribution in [-0.4, -0.2) is 21.7 Å². The molecule has 78 valence electrons. The molecule has 0 aliphatic carbocycles. The van der Waals surface area contributed by atoms with Crippen molar-refractivity contribution in [3.8, 4) is 0 Å².